The number of nitrogens with one attached hydrogen (secondary N) is 1. The van der Waals surface area contributed by atoms with Gasteiger partial charge in [-0.15, -0.1) is 0 Å². The Morgan fingerprint density at radius 2 is 2.29 bits per heavy atom. The summed E-state index contributed by atoms with van der Waals surface area (Å²) < 4.78 is 0. The highest BCUT2D eigenvalue weighted by atomic mass is 16.5. The van der Waals surface area contributed by atoms with Gasteiger partial charge in [0.15, 0.2) is 0 Å². The third kappa shape index (κ3) is 1.76. The third-order valence-corrected chi connectivity index (χ3v) is 2.26. The number of benzene rings is 1. The van der Waals surface area contributed by atoms with Crippen molar-refractivity contribution < 1.29 is 5.21 Å². The molecule has 74 valence electrons. The minimum atomic E-state index is 0.459. The van der Waals surface area contributed by atoms with E-state index in [1.165, 1.54) is 0 Å². The molecule has 2 rings (SSSR count). The zero-order chi connectivity index (χ0) is 9.80. The molecule has 0 radical (unpaired) electrons. The van der Waals surface area contributed by atoms with Crippen molar-refractivity contribution in [3.05, 3.63) is 29.8 Å². The molecule has 1 aliphatic rings. The second kappa shape index (κ2) is 4.21. The zero-order valence-corrected chi connectivity index (χ0v) is 7.85. The van der Waals surface area contributed by atoms with Crippen molar-refractivity contribution in [2.75, 3.05) is 18.0 Å². The molecule has 1 aromatic carbocycles. The van der Waals surface area contributed by atoms with Gasteiger partial charge >= 0.3 is 0 Å². The van der Waals surface area contributed by atoms with Crippen molar-refractivity contribution in [3.8, 4) is 0 Å². The van der Waals surface area contributed by atoms with Gasteiger partial charge in [-0.1, -0.05) is 18.2 Å². The van der Waals surface area contributed by atoms with Gasteiger partial charge in [0.2, 0.25) is 0 Å². The Labute approximate surface area is 82.8 Å². The lowest BCUT2D eigenvalue weighted by Crippen LogP contribution is -2.21. The van der Waals surface area contributed by atoms with Crippen LogP contribution in [-0.4, -0.2) is 24.6 Å². The van der Waals surface area contributed by atoms with Crippen LogP contribution < -0.4 is 10.4 Å². The topological polar surface area (TPSA) is 47.9 Å². The molecule has 0 fully saturated rings. The quantitative estimate of drug-likeness (QED) is 0.701. The van der Waals surface area contributed by atoms with E-state index < -0.39 is 0 Å². The molecule has 1 aliphatic heterocycles. The molecule has 4 heteroatoms. The van der Waals surface area contributed by atoms with Crippen LogP contribution in [0.3, 0.4) is 0 Å². The summed E-state index contributed by atoms with van der Waals surface area (Å²) in [5, 5.41) is 8.68. The van der Waals surface area contributed by atoms with Gasteiger partial charge in [0.05, 0.1) is 12.9 Å². The van der Waals surface area contributed by atoms with Crippen LogP contribution in [0, 0.1) is 0 Å². The van der Waals surface area contributed by atoms with Crippen molar-refractivity contribution in [1.82, 2.24) is 5.48 Å². The van der Waals surface area contributed by atoms with Crippen LogP contribution in [0.1, 0.15) is 5.56 Å². The highest BCUT2D eigenvalue weighted by Gasteiger charge is 2.11. The van der Waals surface area contributed by atoms with Crippen molar-refractivity contribution >= 4 is 12.0 Å². The Bertz CT molecular complexity index is 338. The van der Waals surface area contributed by atoms with Crippen molar-refractivity contribution in [1.29, 1.82) is 0 Å². The van der Waals surface area contributed by atoms with E-state index in [2.05, 4.69) is 15.4 Å². The Morgan fingerprint density at radius 1 is 1.43 bits per heavy atom. The molecule has 0 aliphatic carbocycles. The van der Waals surface area contributed by atoms with Crippen molar-refractivity contribution in [2.24, 2.45) is 4.99 Å². The summed E-state index contributed by atoms with van der Waals surface area (Å²) in [4.78, 5) is 6.25. The Morgan fingerprint density at radius 3 is 3.00 bits per heavy atom. The number of para-hydroxylation sites is 1. The molecular formula is C10H13N3O. The van der Waals surface area contributed by atoms with Crippen molar-refractivity contribution in [2.45, 2.75) is 6.54 Å². The zero-order valence-electron chi connectivity index (χ0n) is 7.85. The number of hydrogen-bond donors (Lipinski definition) is 2. The normalized spacial score (nSPS) is 15.1. The van der Waals surface area contributed by atoms with Crippen LogP contribution in [0.4, 0.5) is 5.69 Å². The molecule has 0 atom stereocenters. The van der Waals surface area contributed by atoms with E-state index in [4.69, 9.17) is 5.21 Å². The van der Waals surface area contributed by atoms with E-state index in [0.717, 1.165) is 24.3 Å². The van der Waals surface area contributed by atoms with Crippen LogP contribution >= 0.6 is 0 Å². The van der Waals surface area contributed by atoms with E-state index in [0.29, 0.717) is 6.54 Å². The number of nitrogens with zero attached hydrogens (tertiary/aromatic N) is 2. The van der Waals surface area contributed by atoms with Crippen molar-refractivity contribution in [3.63, 3.8) is 0 Å². The summed E-state index contributed by atoms with van der Waals surface area (Å²) in [7, 11) is 0. The Hall–Kier alpha value is -1.39. The van der Waals surface area contributed by atoms with E-state index in [1.807, 2.05) is 30.6 Å². The molecule has 0 spiro atoms. The number of anilines is 1. The number of hydroxylamine groups is 1. The molecule has 0 amide bonds. The summed E-state index contributed by atoms with van der Waals surface area (Å²) in [6, 6.07) is 7.97. The predicted octanol–water partition coefficient (Wildman–Crippen LogP) is 1.01. The average Bonchev–Trinajstić information content (AvgIpc) is 2.72. The standard InChI is InChI=1S/C10H13N3O/c14-12-7-9-3-1-2-4-10(9)13-6-5-11-8-13/h1-4,8,12,14H,5-7H2. The highest BCUT2D eigenvalue weighted by Crippen LogP contribution is 2.20. The molecule has 0 saturated heterocycles. The first-order valence-electron chi connectivity index (χ1n) is 4.63. The monoisotopic (exact) mass is 191 g/mol. The van der Waals surface area contributed by atoms with E-state index >= 15 is 0 Å². The molecule has 0 aromatic heterocycles. The summed E-state index contributed by atoms with van der Waals surface area (Å²) in [5.41, 5.74) is 4.36. The van der Waals surface area contributed by atoms with Crippen LogP contribution in [-0.2, 0) is 6.54 Å². The van der Waals surface area contributed by atoms with Gasteiger partial charge in [-0.3, -0.25) is 4.99 Å². The van der Waals surface area contributed by atoms with E-state index in [1.54, 1.807) is 0 Å². The Kier molecular flexibility index (Phi) is 2.76. The maximum Gasteiger partial charge on any atom is 0.0895 e. The maximum absolute atomic E-state index is 8.68. The fraction of sp³-hybridized carbons (Fsp3) is 0.300. The van der Waals surface area contributed by atoms with Gasteiger partial charge in [-0.05, 0) is 11.6 Å². The van der Waals surface area contributed by atoms with E-state index in [-0.39, 0.29) is 0 Å². The lowest BCUT2D eigenvalue weighted by molar-refractivity contribution is 0.161. The second-order valence-electron chi connectivity index (χ2n) is 3.18. The van der Waals surface area contributed by atoms with Crippen LogP contribution in [0.25, 0.3) is 0 Å². The second-order valence-corrected chi connectivity index (χ2v) is 3.18. The molecule has 0 saturated carbocycles. The predicted molar refractivity (Wildman–Crippen MR) is 55.8 cm³/mol. The third-order valence-electron chi connectivity index (χ3n) is 2.26. The number of rotatable bonds is 3. The number of aliphatic imine (C=N–C) groups is 1. The summed E-state index contributed by atoms with van der Waals surface area (Å²) in [6.45, 7) is 2.23. The smallest absolute Gasteiger partial charge is 0.0895 e. The van der Waals surface area contributed by atoms with Gasteiger partial charge in [0.1, 0.15) is 0 Å². The molecule has 2 N–H and O–H groups in total. The van der Waals surface area contributed by atoms with Crippen LogP contribution in [0.2, 0.25) is 0 Å². The van der Waals surface area contributed by atoms with Gasteiger partial charge in [-0.2, -0.15) is 0 Å². The summed E-state index contributed by atoms with van der Waals surface area (Å²) in [6.07, 6.45) is 1.84. The molecule has 0 bridgehead atoms. The van der Waals surface area contributed by atoms with Gasteiger partial charge in [-0.25, -0.2) is 5.48 Å². The number of hydrogen-bond acceptors (Lipinski definition) is 4. The molecule has 14 heavy (non-hydrogen) atoms. The minimum absolute atomic E-state index is 0.459. The molecule has 1 heterocycles. The first-order valence-corrected chi connectivity index (χ1v) is 4.63. The maximum atomic E-state index is 8.68. The molecular weight excluding hydrogens is 178 g/mol. The fourth-order valence-electron chi connectivity index (χ4n) is 1.59. The molecule has 4 nitrogen and oxygen atoms in total. The molecule has 1 aromatic rings. The average molecular weight is 191 g/mol. The Balaban J connectivity index is 2.26. The first kappa shape index (κ1) is 9.18. The molecule has 0 unspecified atom stereocenters. The van der Waals surface area contributed by atoms with Crippen LogP contribution in [0.5, 0.6) is 0 Å². The lowest BCUT2D eigenvalue weighted by atomic mass is 10.1. The lowest BCUT2D eigenvalue weighted by Gasteiger charge is -2.17. The minimum Gasteiger partial charge on any atom is -0.331 e. The van der Waals surface area contributed by atoms with Crippen LogP contribution in [0.15, 0.2) is 29.3 Å². The van der Waals surface area contributed by atoms with Gasteiger partial charge < -0.3 is 10.1 Å². The first-order chi connectivity index (χ1) is 6.92. The highest BCUT2D eigenvalue weighted by molar-refractivity contribution is 5.82. The summed E-state index contributed by atoms with van der Waals surface area (Å²) >= 11 is 0. The summed E-state index contributed by atoms with van der Waals surface area (Å²) in [5.74, 6) is 0. The van der Waals surface area contributed by atoms with Gasteiger partial charge in [0, 0.05) is 18.8 Å². The SMILES string of the molecule is ONCc1ccccc1N1C=NCC1. The van der Waals surface area contributed by atoms with E-state index in [9.17, 15) is 0 Å². The van der Waals surface area contributed by atoms with Gasteiger partial charge in [0.25, 0.3) is 0 Å². The largest absolute Gasteiger partial charge is 0.331 e. The fourth-order valence-corrected chi connectivity index (χ4v) is 1.59.